The molecular formula is C15H18N2O5. The van der Waals surface area contributed by atoms with Gasteiger partial charge in [0, 0.05) is 12.2 Å². The number of benzene rings is 1. The number of amides is 2. The molecule has 0 aliphatic rings. The van der Waals surface area contributed by atoms with E-state index in [1.54, 1.807) is 12.1 Å². The van der Waals surface area contributed by atoms with Crippen molar-refractivity contribution in [3.05, 3.63) is 42.0 Å². The van der Waals surface area contributed by atoms with Crippen LogP contribution in [0, 0.1) is 0 Å². The van der Waals surface area contributed by atoms with Gasteiger partial charge in [-0.25, -0.2) is 4.79 Å². The van der Waals surface area contributed by atoms with Crippen molar-refractivity contribution in [1.82, 2.24) is 10.9 Å². The van der Waals surface area contributed by atoms with Gasteiger partial charge in [0.05, 0.1) is 0 Å². The molecule has 1 rings (SSSR count). The third kappa shape index (κ3) is 6.08. The molecule has 7 heteroatoms. The third-order valence-corrected chi connectivity index (χ3v) is 2.60. The zero-order valence-corrected chi connectivity index (χ0v) is 12.3. The molecular weight excluding hydrogens is 288 g/mol. The molecule has 2 amide bonds. The Morgan fingerprint density at radius 1 is 1.18 bits per heavy atom. The highest BCUT2D eigenvalue weighted by atomic mass is 16.5. The average molecular weight is 306 g/mol. The number of carboxylic acid groups (broad SMARTS) is 1. The zero-order chi connectivity index (χ0) is 16.5. The van der Waals surface area contributed by atoms with Gasteiger partial charge in [0.15, 0.2) is 6.61 Å². The van der Waals surface area contributed by atoms with Crippen LogP contribution in [0.3, 0.4) is 0 Å². The van der Waals surface area contributed by atoms with Crippen LogP contribution < -0.4 is 15.6 Å². The lowest BCUT2D eigenvalue weighted by molar-refractivity contribution is -0.131. The summed E-state index contributed by atoms with van der Waals surface area (Å²) in [4.78, 5) is 32.9. The first-order valence-electron chi connectivity index (χ1n) is 6.61. The summed E-state index contributed by atoms with van der Waals surface area (Å²) >= 11 is 0. The van der Waals surface area contributed by atoms with Crippen LogP contribution in [-0.4, -0.2) is 29.5 Å². The SMILES string of the molecule is CC(C)c1ccccc1OCC(=O)NNC(=O)/C=C/C(=O)O. The zero-order valence-electron chi connectivity index (χ0n) is 12.3. The molecule has 118 valence electrons. The van der Waals surface area contributed by atoms with Crippen molar-refractivity contribution in [3.63, 3.8) is 0 Å². The van der Waals surface area contributed by atoms with Gasteiger partial charge in [-0.2, -0.15) is 0 Å². The molecule has 0 atom stereocenters. The van der Waals surface area contributed by atoms with Crippen molar-refractivity contribution in [1.29, 1.82) is 0 Å². The van der Waals surface area contributed by atoms with Crippen LogP contribution in [0.5, 0.6) is 5.75 Å². The average Bonchev–Trinajstić information content (AvgIpc) is 2.48. The molecule has 1 aromatic carbocycles. The number of ether oxygens (including phenoxy) is 1. The molecule has 0 aliphatic heterocycles. The standard InChI is InChI=1S/C15H18N2O5/c1-10(2)11-5-3-4-6-12(11)22-9-14(19)17-16-13(18)7-8-15(20)21/h3-8,10H,9H2,1-2H3,(H,16,18)(H,17,19)(H,20,21)/b8-7+. The van der Waals surface area contributed by atoms with Crippen LogP contribution in [0.25, 0.3) is 0 Å². The Morgan fingerprint density at radius 3 is 2.50 bits per heavy atom. The Kier molecular flexibility index (Phi) is 6.62. The van der Waals surface area contributed by atoms with Crippen LogP contribution in [0.2, 0.25) is 0 Å². The van der Waals surface area contributed by atoms with E-state index in [2.05, 4.69) is 5.43 Å². The van der Waals surface area contributed by atoms with Gasteiger partial charge >= 0.3 is 5.97 Å². The quantitative estimate of drug-likeness (QED) is 0.537. The van der Waals surface area contributed by atoms with Crippen LogP contribution in [0.4, 0.5) is 0 Å². The third-order valence-electron chi connectivity index (χ3n) is 2.60. The summed E-state index contributed by atoms with van der Waals surface area (Å²) in [6.07, 6.45) is 1.45. The number of hydrazine groups is 1. The number of carbonyl (C=O) groups excluding carboxylic acids is 2. The van der Waals surface area contributed by atoms with Gasteiger partial charge in [-0.05, 0) is 17.5 Å². The van der Waals surface area contributed by atoms with Crippen molar-refractivity contribution in [3.8, 4) is 5.75 Å². The predicted octanol–water partition coefficient (Wildman–Crippen LogP) is 0.977. The summed E-state index contributed by atoms with van der Waals surface area (Å²) in [5, 5.41) is 8.35. The Morgan fingerprint density at radius 2 is 1.86 bits per heavy atom. The molecule has 0 heterocycles. The molecule has 0 saturated carbocycles. The van der Waals surface area contributed by atoms with Crippen LogP contribution in [-0.2, 0) is 14.4 Å². The number of rotatable bonds is 6. The van der Waals surface area contributed by atoms with Gasteiger partial charge < -0.3 is 9.84 Å². The highest BCUT2D eigenvalue weighted by molar-refractivity contribution is 5.94. The molecule has 0 saturated heterocycles. The second-order valence-corrected chi connectivity index (χ2v) is 4.69. The fourth-order valence-corrected chi connectivity index (χ4v) is 1.59. The van der Waals surface area contributed by atoms with Crippen molar-refractivity contribution < 1.29 is 24.2 Å². The molecule has 0 aromatic heterocycles. The van der Waals surface area contributed by atoms with Crippen molar-refractivity contribution in [2.24, 2.45) is 0 Å². The van der Waals surface area contributed by atoms with Gasteiger partial charge in [0.25, 0.3) is 11.8 Å². The van der Waals surface area contributed by atoms with Gasteiger partial charge in [-0.15, -0.1) is 0 Å². The summed E-state index contributed by atoms with van der Waals surface area (Å²) in [7, 11) is 0. The van der Waals surface area contributed by atoms with E-state index in [0.29, 0.717) is 11.8 Å². The monoisotopic (exact) mass is 306 g/mol. The second kappa shape index (κ2) is 8.46. The second-order valence-electron chi connectivity index (χ2n) is 4.69. The summed E-state index contributed by atoms with van der Waals surface area (Å²) in [6.45, 7) is 3.75. The summed E-state index contributed by atoms with van der Waals surface area (Å²) < 4.78 is 5.42. The highest BCUT2D eigenvalue weighted by Gasteiger charge is 2.09. The van der Waals surface area contributed by atoms with Crippen LogP contribution in [0.1, 0.15) is 25.3 Å². The Bertz CT molecular complexity index is 581. The largest absolute Gasteiger partial charge is 0.483 e. The fourth-order valence-electron chi connectivity index (χ4n) is 1.59. The van der Waals surface area contributed by atoms with Crippen molar-refractivity contribution in [2.75, 3.05) is 6.61 Å². The molecule has 0 radical (unpaired) electrons. The molecule has 0 aliphatic carbocycles. The fraction of sp³-hybridized carbons (Fsp3) is 0.267. The minimum Gasteiger partial charge on any atom is -0.483 e. The highest BCUT2D eigenvalue weighted by Crippen LogP contribution is 2.25. The van der Waals surface area contributed by atoms with Crippen LogP contribution >= 0.6 is 0 Å². The maximum absolute atomic E-state index is 11.5. The minimum atomic E-state index is -1.25. The molecule has 1 aromatic rings. The minimum absolute atomic E-state index is 0.250. The summed E-state index contributed by atoms with van der Waals surface area (Å²) in [5.74, 6) is -1.71. The van der Waals surface area contributed by atoms with E-state index in [9.17, 15) is 14.4 Å². The Hall–Kier alpha value is -2.83. The first-order chi connectivity index (χ1) is 10.4. The van der Waals surface area contributed by atoms with E-state index in [1.165, 1.54) is 0 Å². The Balaban J connectivity index is 2.44. The Labute approximate surface area is 127 Å². The molecule has 0 fully saturated rings. The van der Waals surface area contributed by atoms with Gasteiger partial charge in [-0.1, -0.05) is 32.0 Å². The predicted molar refractivity (Wildman–Crippen MR) is 79.1 cm³/mol. The van der Waals surface area contributed by atoms with E-state index >= 15 is 0 Å². The van der Waals surface area contributed by atoms with E-state index in [-0.39, 0.29) is 12.5 Å². The number of carbonyl (C=O) groups is 3. The molecule has 0 spiro atoms. The maximum atomic E-state index is 11.5. The number of para-hydroxylation sites is 1. The molecule has 22 heavy (non-hydrogen) atoms. The topological polar surface area (TPSA) is 105 Å². The lowest BCUT2D eigenvalue weighted by Gasteiger charge is -2.13. The molecule has 3 N–H and O–H groups in total. The van der Waals surface area contributed by atoms with Gasteiger partial charge in [-0.3, -0.25) is 20.4 Å². The van der Waals surface area contributed by atoms with E-state index in [0.717, 1.165) is 11.6 Å². The van der Waals surface area contributed by atoms with Crippen LogP contribution in [0.15, 0.2) is 36.4 Å². The molecule has 0 unspecified atom stereocenters. The lowest BCUT2D eigenvalue weighted by atomic mass is 10.0. The number of hydrogen-bond acceptors (Lipinski definition) is 4. The summed E-state index contributed by atoms with van der Waals surface area (Å²) in [5.41, 5.74) is 5.14. The van der Waals surface area contributed by atoms with Gasteiger partial charge in [0.2, 0.25) is 0 Å². The number of carboxylic acids is 1. The van der Waals surface area contributed by atoms with Crippen molar-refractivity contribution >= 4 is 17.8 Å². The van der Waals surface area contributed by atoms with Gasteiger partial charge in [0.1, 0.15) is 5.75 Å². The van der Waals surface area contributed by atoms with E-state index in [1.807, 2.05) is 31.4 Å². The molecule has 0 bridgehead atoms. The molecule has 7 nitrogen and oxygen atoms in total. The number of nitrogens with one attached hydrogen (secondary N) is 2. The maximum Gasteiger partial charge on any atom is 0.328 e. The first-order valence-corrected chi connectivity index (χ1v) is 6.61. The summed E-state index contributed by atoms with van der Waals surface area (Å²) in [6, 6.07) is 7.36. The van der Waals surface area contributed by atoms with E-state index in [4.69, 9.17) is 9.84 Å². The number of aliphatic carboxylic acids is 1. The van der Waals surface area contributed by atoms with E-state index < -0.39 is 17.8 Å². The normalized spacial score (nSPS) is 10.5. The smallest absolute Gasteiger partial charge is 0.328 e. The number of hydrogen-bond donors (Lipinski definition) is 3. The van der Waals surface area contributed by atoms with Crippen molar-refractivity contribution in [2.45, 2.75) is 19.8 Å². The lowest BCUT2D eigenvalue weighted by Crippen LogP contribution is -2.43. The first kappa shape index (κ1) is 17.2.